The molecule has 0 saturated heterocycles. The van der Waals surface area contributed by atoms with Gasteiger partial charge in [-0.3, -0.25) is 9.69 Å². The Morgan fingerprint density at radius 3 is 2.19 bits per heavy atom. The molecule has 2 rings (SSSR count). The smallest absolute Gasteiger partial charge is 0.177 e. The highest BCUT2D eigenvalue weighted by molar-refractivity contribution is 5.98. The van der Waals surface area contributed by atoms with Gasteiger partial charge in [-0.25, -0.2) is 0 Å². The molecule has 0 radical (unpaired) electrons. The molecule has 0 saturated carbocycles. The maximum Gasteiger partial charge on any atom is 0.177 e. The van der Waals surface area contributed by atoms with E-state index in [0.29, 0.717) is 6.54 Å². The van der Waals surface area contributed by atoms with Gasteiger partial charge in [-0.15, -0.1) is 0 Å². The Hall–Kier alpha value is -1.93. The molecule has 110 valence electrons. The second-order valence-electron chi connectivity index (χ2n) is 5.90. The third-order valence-corrected chi connectivity index (χ3v) is 3.67. The van der Waals surface area contributed by atoms with E-state index in [9.17, 15) is 4.79 Å². The molecule has 2 aromatic rings. The van der Waals surface area contributed by atoms with Crippen molar-refractivity contribution in [3.05, 3.63) is 70.3 Å². The van der Waals surface area contributed by atoms with Crippen molar-refractivity contribution in [2.24, 2.45) is 0 Å². The summed E-state index contributed by atoms with van der Waals surface area (Å²) in [6, 6.07) is 14.4. The number of rotatable bonds is 5. The van der Waals surface area contributed by atoms with E-state index >= 15 is 0 Å². The zero-order chi connectivity index (χ0) is 15.4. The van der Waals surface area contributed by atoms with Crippen LogP contribution in [0.3, 0.4) is 0 Å². The van der Waals surface area contributed by atoms with Crippen LogP contribution in [0, 0.1) is 20.8 Å². The van der Waals surface area contributed by atoms with Gasteiger partial charge in [0.1, 0.15) is 0 Å². The summed E-state index contributed by atoms with van der Waals surface area (Å²) in [6.07, 6.45) is 0. The van der Waals surface area contributed by atoms with Crippen molar-refractivity contribution in [2.75, 3.05) is 13.6 Å². The quantitative estimate of drug-likeness (QED) is 0.774. The molecular formula is C19H23NO. The zero-order valence-corrected chi connectivity index (χ0v) is 13.3. The molecule has 2 aromatic carbocycles. The molecule has 0 spiro atoms. The van der Waals surface area contributed by atoms with Gasteiger partial charge in [-0.1, -0.05) is 53.6 Å². The molecule has 0 aliphatic carbocycles. The summed E-state index contributed by atoms with van der Waals surface area (Å²) < 4.78 is 0. The van der Waals surface area contributed by atoms with Crippen molar-refractivity contribution in [3.8, 4) is 0 Å². The van der Waals surface area contributed by atoms with Crippen LogP contribution < -0.4 is 0 Å². The van der Waals surface area contributed by atoms with Crippen molar-refractivity contribution >= 4 is 5.78 Å². The molecule has 0 heterocycles. The van der Waals surface area contributed by atoms with Gasteiger partial charge in [-0.2, -0.15) is 0 Å². The number of benzene rings is 2. The zero-order valence-electron chi connectivity index (χ0n) is 13.3. The molecule has 0 N–H and O–H groups in total. The monoisotopic (exact) mass is 281 g/mol. The summed E-state index contributed by atoms with van der Waals surface area (Å²) in [6.45, 7) is 7.36. The highest BCUT2D eigenvalue weighted by Crippen LogP contribution is 2.12. The number of Topliss-reactive ketones (excluding diaryl/α,β-unsaturated/α-hetero) is 1. The van der Waals surface area contributed by atoms with E-state index in [1.165, 1.54) is 16.7 Å². The van der Waals surface area contributed by atoms with E-state index < -0.39 is 0 Å². The standard InChI is InChI=1S/C19H23NO/c1-14-5-8-17(9-6-14)12-20(4)13-19(21)18-10-7-15(2)11-16(18)3/h5-11H,12-13H2,1-4H3. The number of nitrogens with zero attached hydrogens (tertiary/aromatic N) is 1. The summed E-state index contributed by atoms with van der Waals surface area (Å²) in [5, 5.41) is 0. The Morgan fingerprint density at radius 2 is 1.57 bits per heavy atom. The van der Waals surface area contributed by atoms with Gasteiger partial charge in [0, 0.05) is 12.1 Å². The third-order valence-electron chi connectivity index (χ3n) is 3.67. The lowest BCUT2D eigenvalue weighted by Crippen LogP contribution is -2.26. The highest BCUT2D eigenvalue weighted by atomic mass is 16.1. The van der Waals surface area contributed by atoms with Crippen LogP contribution in [0.2, 0.25) is 0 Å². The Balaban J connectivity index is 2.00. The average molecular weight is 281 g/mol. The van der Waals surface area contributed by atoms with Crippen LogP contribution in [-0.2, 0) is 6.54 Å². The molecule has 0 aliphatic heterocycles. The Labute approximate surface area is 127 Å². The fraction of sp³-hybridized carbons (Fsp3) is 0.316. The third kappa shape index (κ3) is 4.27. The summed E-state index contributed by atoms with van der Waals surface area (Å²) in [7, 11) is 1.99. The van der Waals surface area contributed by atoms with Gasteiger partial charge in [-0.05, 0) is 38.9 Å². The van der Waals surface area contributed by atoms with Gasteiger partial charge in [0.05, 0.1) is 6.54 Å². The molecular weight excluding hydrogens is 258 g/mol. The molecule has 0 aliphatic rings. The molecule has 0 unspecified atom stereocenters. The van der Waals surface area contributed by atoms with Crippen LogP contribution in [0.25, 0.3) is 0 Å². The molecule has 0 amide bonds. The Morgan fingerprint density at radius 1 is 0.952 bits per heavy atom. The van der Waals surface area contributed by atoms with Crippen LogP contribution in [0.15, 0.2) is 42.5 Å². The summed E-state index contributed by atoms with van der Waals surface area (Å²) in [5.74, 6) is 0.183. The largest absolute Gasteiger partial charge is 0.295 e. The van der Waals surface area contributed by atoms with Crippen molar-refractivity contribution in [2.45, 2.75) is 27.3 Å². The van der Waals surface area contributed by atoms with Crippen molar-refractivity contribution in [1.82, 2.24) is 4.90 Å². The van der Waals surface area contributed by atoms with E-state index in [2.05, 4.69) is 42.2 Å². The first-order valence-corrected chi connectivity index (χ1v) is 7.30. The Kier molecular flexibility index (Phi) is 4.92. The van der Waals surface area contributed by atoms with E-state index in [1.807, 2.05) is 33.0 Å². The van der Waals surface area contributed by atoms with Crippen molar-refractivity contribution < 1.29 is 4.79 Å². The topological polar surface area (TPSA) is 20.3 Å². The van der Waals surface area contributed by atoms with Gasteiger partial charge >= 0.3 is 0 Å². The summed E-state index contributed by atoms with van der Waals surface area (Å²) in [4.78, 5) is 14.5. The van der Waals surface area contributed by atoms with Crippen LogP contribution >= 0.6 is 0 Å². The molecule has 2 nitrogen and oxygen atoms in total. The van der Waals surface area contributed by atoms with Gasteiger partial charge in [0.25, 0.3) is 0 Å². The first-order valence-electron chi connectivity index (χ1n) is 7.30. The SMILES string of the molecule is Cc1ccc(CN(C)CC(=O)c2ccc(C)cc2C)cc1. The number of aryl methyl sites for hydroxylation is 3. The number of carbonyl (C=O) groups excluding carboxylic acids is 1. The van der Waals surface area contributed by atoms with Crippen LogP contribution in [0.4, 0.5) is 0 Å². The maximum atomic E-state index is 12.4. The average Bonchev–Trinajstić information content (AvgIpc) is 2.41. The van der Waals surface area contributed by atoms with Crippen molar-refractivity contribution in [1.29, 1.82) is 0 Å². The first kappa shape index (κ1) is 15.5. The van der Waals surface area contributed by atoms with Crippen LogP contribution in [0.1, 0.15) is 32.6 Å². The minimum Gasteiger partial charge on any atom is -0.295 e. The molecule has 0 bridgehead atoms. The number of likely N-dealkylation sites (N-methyl/N-ethyl adjacent to an activating group) is 1. The molecule has 0 fully saturated rings. The predicted molar refractivity (Wildman–Crippen MR) is 87.8 cm³/mol. The molecule has 0 atom stereocenters. The molecule has 0 aromatic heterocycles. The number of carbonyl (C=O) groups is 1. The normalized spacial score (nSPS) is 10.9. The number of ketones is 1. The minimum absolute atomic E-state index is 0.183. The first-order chi connectivity index (χ1) is 9.95. The number of hydrogen-bond donors (Lipinski definition) is 0. The lowest BCUT2D eigenvalue weighted by Gasteiger charge is -2.17. The van der Waals surface area contributed by atoms with Gasteiger partial charge in [0.15, 0.2) is 5.78 Å². The van der Waals surface area contributed by atoms with Gasteiger partial charge in [0.2, 0.25) is 0 Å². The number of hydrogen-bond acceptors (Lipinski definition) is 2. The molecule has 2 heteroatoms. The van der Waals surface area contributed by atoms with E-state index in [1.54, 1.807) is 0 Å². The minimum atomic E-state index is 0.183. The van der Waals surface area contributed by atoms with E-state index in [-0.39, 0.29) is 5.78 Å². The lowest BCUT2D eigenvalue weighted by molar-refractivity contribution is 0.0942. The van der Waals surface area contributed by atoms with Crippen LogP contribution in [0.5, 0.6) is 0 Å². The van der Waals surface area contributed by atoms with E-state index in [4.69, 9.17) is 0 Å². The fourth-order valence-electron chi connectivity index (χ4n) is 2.52. The molecule has 21 heavy (non-hydrogen) atoms. The second kappa shape index (κ2) is 6.68. The highest BCUT2D eigenvalue weighted by Gasteiger charge is 2.12. The van der Waals surface area contributed by atoms with Gasteiger partial charge < -0.3 is 0 Å². The van der Waals surface area contributed by atoms with E-state index in [0.717, 1.165) is 17.7 Å². The van der Waals surface area contributed by atoms with Crippen LogP contribution in [-0.4, -0.2) is 24.3 Å². The summed E-state index contributed by atoms with van der Waals surface area (Å²) >= 11 is 0. The fourth-order valence-corrected chi connectivity index (χ4v) is 2.52. The maximum absolute atomic E-state index is 12.4. The lowest BCUT2D eigenvalue weighted by atomic mass is 10.0. The summed E-state index contributed by atoms with van der Waals surface area (Å²) in [5.41, 5.74) is 5.57. The second-order valence-corrected chi connectivity index (χ2v) is 5.90. The predicted octanol–water partition coefficient (Wildman–Crippen LogP) is 3.93. The van der Waals surface area contributed by atoms with Crippen molar-refractivity contribution in [3.63, 3.8) is 0 Å². The Bertz CT molecular complexity index is 629.